The molecular weight excluding hydrogens is 153 g/mol. The Bertz CT molecular complexity index is 275. The highest BCUT2D eigenvalue weighted by atomic mass is 31.0. The summed E-state index contributed by atoms with van der Waals surface area (Å²) in [4.78, 5) is 0. The van der Waals surface area contributed by atoms with Gasteiger partial charge < -0.3 is 0 Å². The van der Waals surface area contributed by atoms with Crippen LogP contribution in [0.1, 0.15) is 12.0 Å². The second kappa shape index (κ2) is 4.11. The molecule has 2 heteroatoms. The minimum absolute atomic E-state index is 0.603. The van der Waals surface area contributed by atoms with Gasteiger partial charge in [-0.15, -0.1) is 9.24 Å². The Labute approximate surface area is 69.2 Å². The Kier molecular flexibility index (Phi) is 3.08. The Morgan fingerprint density at radius 3 is 2.73 bits per heavy atom. The number of hydrogen-bond acceptors (Lipinski definition) is 1. The summed E-state index contributed by atoms with van der Waals surface area (Å²) in [5, 5.41) is 9.56. The lowest BCUT2D eigenvalue weighted by Crippen LogP contribution is -1.99. The third-order valence-electron chi connectivity index (χ3n) is 1.56. The Morgan fingerprint density at radius 2 is 2.09 bits per heavy atom. The molecule has 1 nitrogen and oxygen atoms in total. The van der Waals surface area contributed by atoms with Crippen molar-refractivity contribution in [2.75, 3.05) is 0 Å². The monoisotopic (exact) mass is 163 g/mol. The number of nitrogens with zero attached hydrogens (tertiary/aromatic N) is 1. The van der Waals surface area contributed by atoms with Gasteiger partial charge in [-0.1, -0.05) is 24.3 Å². The van der Waals surface area contributed by atoms with Gasteiger partial charge >= 0.3 is 0 Å². The van der Waals surface area contributed by atoms with Crippen molar-refractivity contribution in [1.82, 2.24) is 0 Å². The average Bonchev–Trinajstić information content (AvgIpc) is 2.03. The zero-order valence-electron chi connectivity index (χ0n) is 6.25. The van der Waals surface area contributed by atoms with Crippen molar-refractivity contribution < 1.29 is 0 Å². The molecular formula is C9H10NP. The first-order valence-corrected chi connectivity index (χ1v) is 4.12. The van der Waals surface area contributed by atoms with Gasteiger partial charge in [0.15, 0.2) is 0 Å². The summed E-state index contributed by atoms with van der Waals surface area (Å²) in [5.41, 5.74) is 1.25. The molecule has 11 heavy (non-hydrogen) atoms. The molecule has 0 heterocycles. The predicted molar refractivity (Wildman–Crippen MR) is 49.7 cm³/mol. The van der Waals surface area contributed by atoms with Crippen molar-refractivity contribution in [2.45, 2.75) is 12.8 Å². The van der Waals surface area contributed by atoms with E-state index in [-0.39, 0.29) is 0 Å². The molecule has 1 aromatic rings. The van der Waals surface area contributed by atoms with E-state index in [4.69, 9.17) is 5.26 Å². The quantitative estimate of drug-likeness (QED) is 0.608. The lowest BCUT2D eigenvalue weighted by Gasteiger charge is -2.00. The molecule has 1 aromatic carbocycles. The first kappa shape index (κ1) is 8.24. The molecule has 0 amide bonds. The third kappa shape index (κ3) is 2.33. The van der Waals surface area contributed by atoms with Crippen molar-refractivity contribution in [3.63, 3.8) is 0 Å². The molecule has 56 valence electrons. The minimum Gasteiger partial charge on any atom is -0.198 e. The van der Waals surface area contributed by atoms with Crippen LogP contribution in [0.15, 0.2) is 24.3 Å². The first-order valence-electron chi connectivity index (χ1n) is 3.55. The molecule has 0 bridgehead atoms. The maximum absolute atomic E-state index is 8.36. The first-order chi connectivity index (χ1) is 5.34. The van der Waals surface area contributed by atoms with E-state index in [0.29, 0.717) is 6.42 Å². The van der Waals surface area contributed by atoms with E-state index in [2.05, 4.69) is 21.4 Å². The molecule has 1 unspecified atom stereocenters. The molecule has 0 aromatic heterocycles. The largest absolute Gasteiger partial charge is 0.198 e. The second-order valence-electron chi connectivity index (χ2n) is 2.36. The second-order valence-corrected chi connectivity index (χ2v) is 2.98. The van der Waals surface area contributed by atoms with Crippen LogP contribution in [-0.4, -0.2) is 0 Å². The Hall–Kier alpha value is -0.860. The van der Waals surface area contributed by atoms with Crippen molar-refractivity contribution in [3.8, 4) is 6.07 Å². The molecule has 0 radical (unpaired) electrons. The zero-order chi connectivity index (χ0) is 8.10. The summed E-state index contributed by atoms with van der Waals surface area (Å²) in [6.45, 7) is 0. The molecule has 0 saturated carbocycles. The fraction of sp³-hybridized carbons (Fsp3) is 0.222. The maximum atomic E-state index is 8.36. The number of nitriles is 1. The van der Waals surface area contributed by atoms with Crippen LogP contribution in [0.5, 0.6) is 0 Å². The van der Waals surface area contributed by atoms with E-state index >= 15 is 0 Å². The van der Waals surface area contributed by atoms with Crippen LogP contribution in [0, 0.1) is 11.3 Å². The van der Waals surface area contributed by atoms with Crippen LogP contribution >= 0.6 is 9.24 Å². The molecule has 1 atom stereocenters. The lowest BCUT2D eigenvalue weighted by atomic mass is 10.1. The lowest BCUT2D eigenvalue weighted by molar-refractivity contribution is 1.02. The van der Waals surface area contributed by atoms with E-state index in [1.54, 1.807) is 0 Å². The van der Waals surface area contributed by atoms with Gasteiger partial charge in [-0.25, -0.2) is 0 Å². The number of hydrogen-bond donors (Lipinski definition) is 0. The standard InChI is InChI=1S/C9H10NP/c10-7-3-5-8-4-1-2-6-9(8)11/h1-2,4,6H,3,5,11H2. The van der Waals surface area contributed by atoms with E-state index in [9.17, 15) is 0 Å². The van der Waals surface area contributed by atoms with Gasteiger partial charge in [0.2, 0.25) is 0 Å². The molecule has 0 N–H and O–H groups in total. The fourth-order valence-corrected chi connectivity index (χ4v) is 1.30. The van der Waals surface area contributed by atoms with Crippen LogP contribution in [0.2, 0.25) is 0 Å². The Morgan fingerprint density at radius 1 is 1.36 bits per heavy atom. The Balaban J connectivity index is 2.71. The smallest absolute Gasteiger partial charge is 0.0625 e. The van der Waals surface area contributed by atoms with Crippen molar-refractivity contribution in [3.05, 3.63) is 29.8 Å². The summed E-state index contributed by atoms with van der Waals surface area (Å²) in [5.74, 6) is 0. The normalized spacial score (nSPS) is 9.09. The van der Waals surface area contributed by atoms with Gasteiger partial charge in [-0.05, 0) is 17.3 Å². The van der Waals surface area contributed by atoms with Crippen molar-refractivity contribution in [2.24, 2.45) is 0 Å². The molecule has 0 saturated heterocycles. The molecule has 0 aliphatic heterocycles. The number of benzene rings is 1. The van der Waals surface area contributed by atoms with Crippen LogP contribution in [0.25, 0.3) is 0 Å². The van der Waals surface area contributed by atoms with Gasteiger partial charge in [0.1, 0.15) is 0 Å². The third-order valence-corrected chi connectivity index (χ3v) is 2.12. The summed E-state index contributed by atoms with van der Waals surface area (Å²) in [7, 11) is 2.67. The van der Waals surface area contributed by atoms with Gasteiger partial charge in [-0.3, -0.25) is 0 Å². The van der Waals surface area contributed by atoms with E-state index in [0.717, 1.165) is 6.42 Å². The number of aryl methyl sites for hydroxylation is 1. The minimum atomic E-state index is 0.603. The summed E-state index contributed by atoms with van der Waals surface area (Å²) in [6.07, 6.45) is 1.46. The van der Waals surface area contributed by atoms with Gasteiger partial charge in [0.05, 0.1) is 6.07 Å². The zero-order valence-corrected chi connectivity index (χ0v) is 7.40. The van der Waals surface area contributed by atoms with Crippen LogP contribution < -0.4 is 5.30 Å². The summed E-state index contributed by atoms with van der Waals surface area (Å²) < 4.78 is 0. The fourth-order valence-electron chi connectivity index (χ4n) is 0.952. The van der Waals surface area contributed by atoms with Crippen molar-refractivity contribution >= 4 is 14.5 Å². The average molecular weight is 163 g/mol. The summed E-state index contributed by atoms with van der Waals surface area (Å²) in [6, 6.07) is 10.2. The van der Waals surface area contributed by atoms with Crippen LogP contribution in [0.4, 0.5) is 0 Å². The van der Waals surface area contributed by atoms with E-state index in [1.807, 2.05) is 18.2 Å². The highest BCUT2D eigenvalue weighted by Gasteiger charge is 1.94. The number of rotatable bonds is 2. The molecule has 0 spiro atoms. The topological polar surface area (TPSA) is 23.8 Å². The molecule has 0 aliphatic carbocycles. The van der Waals surface area contributed by atoms with Crippen LogP contribution in [0.3, 0.4) is 0 Å². The van der Waals surface area contributed by atoms with Crippen LogP contribution in [-0.2, 0) is 6.42 Å². The van der Waals surface area contributed by atoms with E-state index in [1.165, 1.54) is 10.9 Å². The molecule has 0 fully saturated rings. The SMILES string of the molecule is N#CCCc1ccccc1P. The maximum Gasteiger partial charge on any atom is 0.0625 e. The van der Waals surface area contributed by atoms with Gasteiger partial charge in [0, 0.05) is 6.42 Å². The highest BCUT2D eigenvalue weighted by molar-refractivity contribution is 7.27. The van der Waals surface area contributed by atoms with Gasteiger partial charge in [0.25, 0.3) is 0 Å². The van der Waals surface area contributed by atoms with E-state index < -0.39 is 0 Å². The van der Waals surface area contributed by atoms with Gasteiger partial charge in [-0.2, -0.15) is 5.26 Å². The van der Waals surface area contributed by atoms with Crippen molar-refractivity contribution in [1.29, 1.82) is 5.26 Å². The predicted octanol–water partition coefficient (Wildman–Crippen LogP) is 1.64. The summed E-state index contributed by atoms with van der Waals surface area (Å²) >= 11 is 0. The molecule has 0 aliphatic rings. The molecule has 1 rings (SSSR count). The highest BCUT2D eigenvalue weighted by Crippen LogP contribution is 2.02.